The highest BCUT2D eigenvalue weighted by Crippen LogP contribution is 2.21. The smallest absolute Gasteiger partial charge is 0.243 e. The van der Waals surface area contributed by atoms with Gasteiger partial charge < -0.3 is 10.1 Å². The van der Waals surface area contributed by atoms with Gasteiger partial charge in [0.15, 0.2) is 0 Å². The van der Waals surface area contributed by atoms with Crippen LogP contribution in [0.5, 0.6) is 5.75 Å². The molecule has 0 spiro atoms. The molecule has 0 heterocycles. The molecule has 0 saturated heterocycles. The lowest BCUT2D eigenvalue weighted by molar-refractivity contribution is -0.121. The summed E-state index contributed by atoms with van der Waals surface area (Å²) in [6, 6.07) is 23.4. The van der Waals surface area contributed by atoms with Crippen LogP contribution in [-0.2, 0) is 27.8 Å². The first-order valence-corrected chi connectivity index (χ1v) is 11.8. The van der Waals surface area contributed by atoms with Gasteiger partial charge in [-0.2, -0.15) is 4.31 Å². The molecule has 0 bridgehead atoms. The Balaban J connectivity index is 1.73. The first-order valence-electron chi connectivity index (χ1n) is 10.4. The van der Waals surface area contributed by atoms with E-state index >= 15 is 0 Å². The first-order chi connectivity index (χ1) is 15.4. The fraction of sp³-hybridized carbons (Fsp3) is 0.240. The summed E-state index contributed by atoms with van der Waals surface area (Å²) in [5, 5.41) is 2.85. The van der Waals surface area contributed by atoms with Crippen molar-refractivity contribution < 1.29 is 17.9 Å². The monoisotopic (exact) mass is 452 g/mol. The largest absolute Gasteiger partial charge is 0.497 e. The molecule has 32 heavy (non-hydrogen) atoms. The predicted octanol–water partition coefficient (Wildman–Crippen LogP) is 3.55. The van der Waals surface area contributed by atoms with Gasteiger partial charge in [0.05, 0.1) is 18.6 Å². The molecule has 168 valence electrons. The van der Waals surface area contributed by atoms with E-state index in [1.807, 2.05) is 61.5 Å². The van der Waals surface area contributed by atoms with Gasteiger partial charge in [0.1, 0.15) is 5.75 Å². The van der Waals surface area contributed by atoms with Crippen LogP contribution in [0, 0.1) is 6.92 Å². The summed E-state index contributed by atoms with van der Waals surface area (Å²) >= 11 is 0. The molecule has 3 rings (SSSR count). The van der Waals surface area contributed by atoms with Crippen LogP contribution in [0.2, 0.25) is 0 Å². The number of carbonyl (C=O) groups is 1. The molecule has 6 nitrogen and oxygen atoms in total. The number of aryl methyl sites for hydroxylation is 1. The Hall–Kier alpha value is -3.16. The number of methoxy groups -OCH3 is 1. The first kappa shape index (κ1) is 23.5. The lowest BCUT2D eigenvalue weighted by atomic mass is 10.1. The van der Waals surface area contributed by atoms with Gasteiger partial charge in [-0.05, 0) is 54.3 Å². The van der Waals surface area contributed by atoms with Gasteiger partial charge in [0.2, 0.25) is 15.9 Å². The second kappa shape index (κ2) is 10.9. The van der Waals surface area contributed by atoms with Gasteiger partial charge in [-0.15, -0.1) is 0 Å². The third kappa shape index (κ3) is 6.18. The summed E-state index contributed by atoms with van der Waals surface area (Å²) in [6.45, 7) is 2.29. The maximum absolute atomic E-state index is 13.3. The zero-order chi connectivity index (χ0) is 23.0. The van der Waals surface area contributed by atoms with E-state index in [0.717, 1.165) is 16.7 Å². The number of hydrogen-bond donors (Lipinski definition) is 1. The minimum absolute atomic E-state index is 0.0976. The van der Waals surface area contributed by atoms with Crippen LogP contribution >= 0.6 is 0 Å². The van der Waals surface area contributed by atoms with Crippen molar-refractivity contribution in [2.24, 2.45) is 0 Å². The van der Waals surface area contributed by atoms with Crippen LogP contribution in [0.25, 0.3) is 0 Å². The predicted molar refractivity (Wildman–Crippen MR) is 125 cm³/mol. The Morgan fingerprint density at radius 1 is 0.938 bits per heavy atom. The number of amides is 1. The summed E-state index contributed by atoms with van der Waals surface area (Å²) in [4.78, 5) is 12.8. The Bertz CT molecular complexity index is 1130. The molecular formula is C25H28N2O4S. The molecule has 0 aliphatic carbocycles. The van der Waals surface area contributed by atoms with E-state index < -0.39 is 10.0 Å². The zero-order valence-electron chi connectivity index (χ0n) is 18.3. The van der Waals surface area contributed by atoms with Crippen molar-refractivity contribution in [1.82, 2.24) is 9.62 Å². The third-order valence-corrected chi connectivity index (χ3v) is 7.00. The molecule has 0 fully saturated rings. The fourth-order valence-corrected chi connectivity index (χ4v) is 4.74. The number of sulfonamides is 1. The van der Waals surface area contributed by atoms with Crippen molar-refractivity contribution in [3.05, 3.63) is 95.6 Å². The average molecular weight is 453 g/mol. The van der Waals surface area contributed by atoms with Crippen LogP contribution < -0.4 is 10.1 Å². The van der Waals surface area contributed by atoms with E-state index in [2.05, 4.69) is 5.32 Å². The highest BCUT2D eigenvalue weighted by molar-refractivity contribution is 7.89. The van der Waals surface area contributed by atoms with Gasteiger partial charge in [0.25, 0.3) is 0 Å². The molecule has 0 aromatic heterocycles. The van der Waals surface area contributed by atoms with Crippen molar-refractivity contribution in [2.45, 2.75) is 24.8 Å². The highest BCUT2D eigenvalue weighted by atomic mass is 32.2. The topological polar surface area (TPSA) is 75.7 Å². The molecule has 0 aliphatic rings. The quantitative estimate of drug-likeness (QED) is 0.510. The molecule has 7 heteroatoms. The number of ether oxygens (including phenoxy) is 1. The summed E-state index contributed by atoms with van der Waals surface area (Å²) in [5.74, 6) is 0.221. The molecule has 1 amide bonds. The number of nitrogens with one attached hydrogen (secondary N) is 1. The SMILES string of the molecule is COc1ccc(S(=O)(=O)N(CC(=O)NCCc2ccccc2C)Cc2ccccc2)cc1. The third-order valence-electron chi connectivity index (χ3n) is 5.20. The normalized spacial score (nSPS) is 11.3. The maximum Gasteiger partial charge on any atom is 0.243 e. The summed E-state index contributed by atoms with van der Waals surface area (Å²) in [6.07, 6.45) is 0.683. The van der Waals surface area contributed by atoms with Crippen LogP contribution in [0.3, 0.4) is 0 Å². The van der Waals surface area contributed by atoms with Crippen LogP contribution in [0.15, 0.2) is 83.8 Å². The van der Waals surface area contributed by atoms with Crippen LogP contribution in [-0.4, -0.2) is 38.8 Å². The Morgan fingerprint density at radius 3 is 2.25 bits per heavy atom. The molecule has 1 N–H and O–H groups in total. The number of nitrogens with zero attached hydrogens (tertiary/aromatic N) is 1. The lowest BCUT2D eigenvalue weighted by Gasteiger charge is -2.22. The van der Waals surface area contributed by atoms with Crippen molar-refractivity contribution in [1.29, 1.82) is 0 Å². The van der Waals surface area contributed by atoms with Crippen LogP contribution in [0.4, 0.5) is 0 Å². The maximum atomic E-state index is 13.3. The van der Waals surface area contributed by atoms with E-state index in [-0.39, 0.29) is 23.9 Å². The van der Waals surface area contributed by atoms with Crippen molar-refractivity contribution in [2.75, 3.05) is 20.2 Å². The summed E-state index contributed by atoms with van der Waals surface area (Å²) in [7, 11) is -2.37. The second-order valence-electron chi connectivity index (χ2n) is 7.46. The van der Waals surface area contributed by atoms with Gasteiger partial charge in [-0.25, -0.2) is 8.42 Å². The van der Waals surface area contributed by atoms with Gasteiger partial charge >= 0.3 is 0 Å². The standard InChI is InChI=1S/C25H28N2O4S/c1-20-8-6-7-11-22(20)16-17-26-25(28)19-27(18-21-9-4-3-5-10-21)32(29,30)24-14-12-23(31-2)13-15-24/h3-15H,16-19H2,1-2H3,(H,26,28). The average Bonchev–Trinajstić information content (AvgIpc) is 2.80. The van der Waals surface area contributed by atoms with E-state index in [9.17, 15) is 13.2 Å². The van der Waals surface area contributed by atoms with E-state index in [4.69, 9.17) is 4.74 Å². The van der Waals surface area contributed by atoms with E-state index in [1.54, 1.807) is 12.1 Å². The number of benzene rings is 3. The highest BCUT2D eigenvalue weighted by Gasteiger charge is 2.27. The van der Waals surface area contributed by atoms with E-state index in [1.165, 1.54) is 23.5 Å². The summed E-state index contributed by atoms with van der Waals surface area (Å²) in [5.41, 5.74) is 3.12. The van der Waals surface area contributed by atoms with E-state index in [0.29, 0.717) is 18.7 Å². The number of rotatable bonds is 10. The number of hydrogen-bond acceptors (Lipinski definition) is 4. The van der Waals surface area contributed by atoms with Crippen molar-refractivity contribution >= 4 is 15.9 Å². The van der Waals surface area contributed by atoms with Crippen molar-refractivity contribution in [3.8, 4) is 5.75 Å². The molecule has 0 unspecified atom stereocenters. The zero-order valence-corrected chi connectivity index (χ0v) is 19.1. The fourth-order valence-electron chi connectivity index (χ4n) is 3.35. The molecular weight excluding hydrogens is 424 g/mol. The molecule has 3 aromatic carbocycles. The second-order valence-corrected chi connectivity index (χ2v) is 9.40. The van der Waals surface area contributed by atoms with Crippen molar-refractivity contribution in [3.63, 3.8) is 0 Å². The Morgan fingerprint density at radius 2 is 1.59 bits per heavy atom. The van der Waals surface area contributed by atoms with Gasteiger partial charge in [-0.3, -0.25) is 4.79 Å². The minimum atomic E-state index is -3.89. The molecule has 0 saturated carbocycles. The number of carbonyl (C=O) groups excluding carboxylic acids is 1. The summed E-state index contributed by atoms with van der Waals surface area (Å²) < 4.78 is 33.0. The lowest BCUT2D eigenvalue weighted by Crippen LogP contribution is -2.40. The Labute approximate surface area is 189 Å². The molecule has 0 atom stereocenters. The Kier molecular flexibility index (Phi) is 8.03. The van der Waals surface area contributed by atoms with Gasteiger partial charge in [0, 0.05) is 13.1 Å². The van der Waals surface area contributed by atoms with Gasteiger partial charge in [-0.1, -0.05) is 54.6 Å². The molecule has 0 radical (unpaired) electrons. The van der Waals surface area contributed by atoms with Crippen LogP contribution in [0.1, 0.15) is 16.7 Å². The molecule has 3 aromatic rings. The minimum Gasteiger partial charge on any atom is -0.497 e. The molecule has 0 aliphatic heterocycles.